The summed E-state index contributed by atoms with van der Waals surface area (Å²) >= 11 is 3.51. The molecule has 1 heterocycles. The molecular weight excluding hydrogens is 286 g/mol. The van der Waals surface area contributed by atoms with Crippen molar-refractivity contribution in [2.45, 2.75) is 6.54 Å². The van der Waals surface area contributed by atoms with E-state index in [-0.39, 0.29) is 0 Å². The molecule has 1 nitrogen and oxygen atoms in total. The van der Waals surface area contributed by atoms with Crippen molar-refractivity contribution in [3.63, 3.8) is 0 Å². The molecule has 3 rings (SSSR count). The standard InChI is InChI=1S/C16H13BrN/c17-15-8-9-16-14(11-15)7-4-10-18(16)12-13-5-2-1-3-6-13/h1-11H,12H2/q+1. The normalized spacial score (nSPS) is 10.7. The van der Waals surface area contributed by atoms with E-state index in [1.54, 1.807) is 0 Å². The van der Waals surface area contributed by atoms with Crippen LogP contribution in [-0.4, -0.2) is 0 Å². The van der Waals surface area contributed by atoms with Crippen molar-refractivity contribution in [2.24, 2.45) is 0 Å². The highest BCUT2D eigenvalue weighted by molar-refractivity contribution is 9.10. The molecule has 0 saturated heterocycles. The molecule has 0 amide bonds. The molecule has 0 aliphatic rings. The van der Waals surface area contributed by atoms with Gasteiger partial charge in [-0.05, 0) is 18.2 Å². The minimum Gasteiger partial charge on any atom is -0.194 e. The predicted molar refractivity (Wildman–Crippen MR) is 77.4 cm³/mol. The van der Waals surface area contributed by atoms with E-state index in [2.05, 4.69) is 81.3 Å². The van der Waals surface area contributed by atoms with Gasteiger partial charge in [0.15, 0.2) is 12.7 Å². The Hall–Kier alpha value is -1.67. The van der Waals surface area contributed by atoms with E-state index in [1.165, 1.54) is 16.5 Å². The third-order valence-electron chi connectivity index (χ3n) is 3.04. The van der Waals surface area contributed by atoms with E-state index in [4.69, 9.17) is 0 Å². The molecule has 2 aromatic carbocycles. The van der Waals surface area contributed by atoms with Crippen LogP contribution in [0.2, 0.25) is 0 Å². The molecule has 88 valence electrons. The number of halogens is 1. The van der Waals surface area contributed by atoms with Gasteiger partial charge in [0.25, 0.3) is 0 Å². The molecular formula is C16H13BrN+. The maximum Gasteiger partial charge on any atom is 0.212 e. The summed E-state index contributed by atoms with van der Waals surface area (Å²) in [5.41, 5.74) is 2.57. The highest BCUT2D eigenvalue weighted by Gasteiger charge is 2.08. The lowest BCUT2D eigenvalue weighted by atomic mass is 10.2. The molecule has 18 heavy (non-hydrogen) atoms. The van der Waals surface area contributed by atoms with Gasteiger partial charge in [0.05, 0.1) is 0 Å². The highest BCUT2D eigenvalue weighted by atomic mass is 79.9. The summed E-state index contributed by atoms with van der Waals surface area (Å²) in [5.74, 6) is 0. The number of aromatic nitrogens is 1. The lowest BCUT2D eigenvalue weighted by molar-refractivity contribution is -0.662. The van der Waals surface area contributed by atoms with E-state index in [9.17, 15) is 0 Å². The summed E-state index contributed by atoms with van der Waals surface area (Å²) in [6.45, 7) is 0.903. The molecule has 0 radical (unpaired) electrons. The van der Waals surface area contributed by atoms with Crippen LogP contribution in [0.3, 0.4) is 0 Å². The van der Waals surface area contributed by atoms with Crippen molar-refractivity contribution in [1.29, 1.82) is 0 Å². The predicted octanol–water partition coefficient (Wildman–Crippen LogP) is 3.94. The van der Waals surface area contributed by atoms with Crippen molar-refractivity contribution in [3.8, 4) is 0 Å². The smallest absolute Gasteiger partial charge is 0.194 e. The molecule has 0 unspecified atom stereocenters. The van der Waals surface area contributed by atoms with Gasteiger partial charge < -0.3 is 0 Å². The lowest BCUT2D eigenvalue weighted by Crippen LogP contribution is -2.34. The molecule has 3 aromatic rings. The summed E-state index contributed by atoms with van der Waals surface area (Å²) in [6, 6.07) is 21.2. The Balaban J connectivity index is 2.07. The van der Waals surface area contributed by atoms with Crippen LogP contribution >= 0.6 is 15.9 Å². The summed E-state index contributed by atoms with van der Waals surface area (Å²) < 4.78 is 3.39. The van der Waals surface area contributed by atoms with Crippen LogP contribution < -0.4 is 4.57 Å². The zero-order valence-electron chi connectivity index (χ0n) is 9.88. The second kappa shape index (κ2) is 4.91. The molecule has 0 aliphatic carbocycles. The topological polar surface area (TPSA) is 3.88 Å². The molecule has 0 aliphatic heterocycles. The fourth-order valence-corrected chi connectivity index (χ4v) is 2.55. The number of benzene rings is 2. The average Bonchev–Trinajstić information content (AvgIpc) is 2.40. The summed E-state index contributed by atoms with van der Waals surface area (Å²) in [7, 11) is 0. The average molecular weight is 299 g/mol. The van der Waals surface area contributed by atoms with Crippen molar-refractivity contribution in [2.75, 3.05) is 0 Å². The molecule has 0 fully saturated rings. The first kappa shape index (κ1) is 11.4. The molecule has 1 aromatic heterocycles. The molecule has 0 atom stereocenters. The Morgan fingerprint density at radius 2 is 1.72 bits per heavy atom. The van der Waals surface area contributed by atoms with Crippen LogP contribution in [0.4, 0.5) is 0 Å². The van der Waals surface area contributed by atoms with Crippen molar-refractivity contribution in [1.82, 2.24) is 0 Å². The largest absolute Gasteiger partial charge is 0.212 e. The third kappa shape index (κ3) is 2.29. The molecule has 0 bridgehead atoms. The van der Waals surface area contributed by atoms with Crippen LogP contribution in [0.15, 0.2) is 71.3 Å². The van der Waals surface area contributed by atoms with E-state index in [0.29, 0.717) is 0 Å². The summed E-state index contributed by atoms with van der Waals surface area (Å²) in [5, 5.41) is 1.25. The zero-order chi connectivity index (χ0) is 12.4. The van der Waals surface area contributed by atoms with Gasteiger partial charge in [-0.1, -0.05) is 46.3 Å². The Labute approximate surface area is 115 Å². The molecule has 0 saturated carbocycles. The van der Waals surface area contributed by atoms with Crippen LogP contribution in [0.1, 0.15) is 5.56 Å². The monoisotopic (exact) mass is 298 g/mol. The quantitative estimate of drug-likeness (QED) is 0.631. The maximum atomic E-state index is 3.51. The minimum absolute atomic E-state index is 0.903. The Morgan fingerprint density at radius 3 is 2.56 bits per heavy atom. The number of pyridine rings is 1. The van der Waals surface area contributed by atoms with Gasteiger partial charge in [0, 0.05) is 27.6 Å². The second-order valence-corrected chi connectivity index (χ2v) is 5.24. The SMILES string of the molecule is Brc1ccc2c(ccc[n+]2Cc2ccccc2)c1. The molecule has 0 N–H and O–H groups in total. The lowest BCUT2D eigenvalue weighted by Gasteiger charge is -2.02. The van der Waals surface area contributed by atoms with Crippen LogP contribution in [-0.2, 0) is 6.54 Å². The first-order valence-corrected chi connectivity index (χ1v) is 6.74. The number of rotatable bonds is 2. The Kier molecular flexibility index (Phi) is 3.11. The highest BCUT2D eigenvalue weighted by Crippen LogP contribution is 2.17. The van der Waals surface area contributed by atoms with Gasteiger partial charge in [-0.3, -0.25) is 0 Å². The fraction of sp³-hybridized carbons (Fsp3) is 0.0625. The number of hydrogen-bond acceptors (Lipinski definition) is 0. The maximum absolute atomic E-state index is 3.51. The van der Waals surface area contributed by atoms with Gasteiger partial charge in [0.1, 0.15) is 0 Å². The van der Waals surface area contributed by atoms with Gasteiger partial charge in [-0.15, -0.1) is 0 Å². The van der Waals surface area contributed by atoms with Crippen molar-refractivity contribution < 1.29 is 4.57 Å². The van der Waals surface area contributed by atoms with Gasteiger partial charge in [-0.25, -0.2) is 0 Å². The number of fused-ring (bicyclic) bond motifs is 1. The van der Waals surface area contributed by atoms with Crippen LogP contribution in [0.5, 0.6) is 0 Å². The van der Waals surface area contributed by atoms with Crippen LogP contribution in [0, 0.1) is 0 Å². The number of nitrogens with zero attached hydrogens (tertiary/aromatic N) is 1. The van der Waals surface area contributed by atoms with Gasteiger partial charge >= 0.3 is 0 Å². The third-order valence-corrected chi connectivity index (χ3v) is 3.53. The van der Waals surface area contributed by atoms with E-state index >= 15 is 0 Å². The van der Waals surface area contributed by atoms with Gasteiger partial charge in [-0.2, -0.15) is 4.57 Å². The van der Waals surface area contributed by atoms with Gasteiger partial charge in [0.2, 0.25) is 5.52 Å². The van der Waals surface area contributed by atoms with Crippen LogP contribution in [0.25, 0.3) is 10.9 Å². The van der Waals surface area contributed by atoms with E-state index in [0.717, 1.165) is 11.0 Å². The molecule has 0 spiro atoms. The first-order chi connectivity index (χ1) is 8.83. The number of hydrogen-bond donors (Lipinski definition) is 0. The fourth-order valence-electron chi connectivity index (χ4n) is 2.17. The van der Waals surface area contributed by atoms with E-state index in [1.807, 2.05) is 6.07 Å². The Bertz CT molecular complexity index is 677. The first-order valence-electron chi connectivity index (χ1n) is 5.94. The Morgan fingerprint density at radius 1 is 0.889 bits per heavy atom. The summed E-state index contributed by atoms with van der Waals surface area (Å²) in [6.07, 6.45) is 2.13. The van der Waals surface area contributed by atoms with Crippen molar-refractivity contribution in [3.05, 3.63) is 76.9 Å². The molecule has 2 heteroatoms. The zero-order valence-corrected chi connectivity index (χ0v) is 11.5. The summed E-state index contributed by atoms with van der Waals surface area (Å²) in [4.78, 5) is 0. The van der Waals surface area contributed by atoms with E-state index < -0.39 is 0 Å². The minimum atomic E-state index is 0.903. The second-order valence-electron chi connectivity index (χ2n) is 4.32. The van der Waals surface area contributed by atoms with Crippen molar-refractivity contribution >= 4 is 26.8 Å².